The fraction of sp³-hybridized carbons (Fsp3) is 0.214. The van der Waals surface area contributed by atoms with Gasteiger partial charge in [-0.25, -0.2) is 4.79 Å². The highest BCUT2D eigenvalue weighted by Crippen LogP contribution is 2.26. The van der Waals surface area contributed by atoms with Crippen LogP contribution in [0.4, 0.5) is 4.79 Å². The molecule has 2 rings (SSSR count). The number of benzene rings is 1. The molecule has 2 aromatic rings. The minimum absolute atomic E-state index is 0.345. The van der Waals surface area contributed by atoms with E-state index in [1.165, 1.54) is 7.11 Å². The SMILES string of the molecule is COC(=O)n1c(C)cc(-c2ccccc2)c1C. The van der Waals surface area contributed by atoms with Crippen LogP contribution in [0.2, 0.25) is 0 Å². The molecule has 88 valence electrons. The van der Waals surface area contributed by atoms with Crippen LogP contribution in [0.25, 0.3) is 11.1 Å². The standard InChI is InChI=1S/C14H15NO2/c1-10-9-13(12-7-5-4-6-8-12)11(2)15(10)14(16)17-3/h4-9H,1-3H3. The molecule has 0 aliphatic carbocycles. The summed E-state index contributed by atoms with van der Waals surface area (Å²) < 4.78 is 6.36. The number of methoxy groups -OCH3 is 1. The molecule has 0 bridgehead atoms. The maximum Gasteiger partial charge on any atom is 0.418 e. The van der Waals surface area contributed by atoms with Crippen LogP contribution in [-0.2, 0) is 4.74 Å². The van der Waals surface area contributed by atoms with Gasteiger partial charge >= 0.3 is 6.09 Å². The van der Waals surface area contributed by atoms with Gasteiger partial charge in [0.05, 0.1) is 7.11 Å². The van der Waals surface area contributed by atoms with Crippen molar-refractivity contribution in [2.24, 2.45) is 0 Å². The van der Waals surface area contributed by atoms with Crippen LogP contribution in [0.15, 0.2) is 36.4 Å². The molecule has 0 aliphatic heterocycles. The van der Waals surface area contributed by atoms with Crippen molar-refractivity contribution >= 4 is 6.09 Å². The van der Waals surface area contributed by atoms with Gasteiger partial charge in [0.25, 0.3) is 0 Å². The molecule has 0 fully saturated rings. The summed E-state index contributed by atoms with van der Waals surface area (Å²) in [6.45, 7) is 3.82. The molecule has 0 radical (unpaired) electrons. The highest BCUT2D eigenvalue weighted by Gasteiger charge is 2.15. The van der Waals surface area contributed by atoms with Crippen LogP contribution in [0.1, 0.15) is 11.4 Å². The smallest absolute Gasteiger partial charge is 0.418 e. The van der Waals surface area contributed by atoms with Gasteiger partial charge in [0.1, 0.15) is 0 Å². The molecule has 3 heteroatoms. The Hall–Kier alpha value is -2.03. The van der Waals surface area contributed by atoms with Crippen molar-refractivity contribution in [2.45, 2.75) is 13.8 Å². The van der Waals surface area contributed by atoms with E-state index in [0.29, 0.717) is 0 Å². The van der Waals surface area contributed by atoms with E-state index >= 15 is 0 Å². The molecule has 1 aromatic heterocycles. The van der Waals surface area contributed by atoms with E-state index in [1.807, 2.05) is 50.2 Å². The van der Waals surface area contributed by atoms with Gasteiger partial charge in [0, 0.05) is 17.0 Å². The van der Waals surface area contributed by atoms with E-state index in [1.54, 1.807) is 4.57 Å². The van der Waals surface area contributed by atoms with E-state index in [9.17, 15) is 4.79 Å². The quantitative estimate of drug-likeness (QED) is 0.750. The molecule has 0 saturated carbocycles. The maximum absolute atomic E-state index is 11.6. The Morgan fingerprint density at radius 1 is 1.18 bits per heavy atom. The van der Waals surface area contributed by atoms with Crippen molar-refractivity contribution in [1.82, 2.24) is 4.57 Å². The second kappa shape index (κ2) is 4.45. The first-order valence-corrected chi connectivity index (χ1v) is 5.48. The Labute approximate surface area is 101 Å². The van der Waals surface area contributed by atoms with Crippen molar-refractivity contribution in [3.63, 3.8) is 0 Å². The molecule has 17 heavy (non-hydrogen) atoms. The third-order valence-corrected chi connectivity index (χ3v) is 2.87. The number of aromatic nitrogens is 1. The van der Waals surface area contributed by atoms with Crippen molar-refractivity contribution in [3.05, 3.63) is 47.8 Å². The molecular formula is C14H15NO2. The Morgan fingerprint density at radius 2 is 1.82 bits per heavy atom. The molecule has 0 aliphatic rings. The van der Waals surface area contributed by atoms with Gasteiger partial charge in [-0.3, -0.25) is 4.57 Å². The third kappa shape index (κ3) is 1.96. The van der Waals surface area contributed by atoms with Crippen LogP contribution in [0.3, 0.4) is 0 Å². The van der Waals surface area contributed by atoms with E-state index in [0.717, 1.165) is 22.5 Å². The lowest BCUT2D eigenvalue weighted by Crippen LogP contribution is -2.14. The number of hydrogen-bond acceptors (Lipinski definition) is 2. The normalized spacial score (nSPS) is 10.3. The maximum atomic E-state index is 11.6. The molecule has 1 aromatic carbocycles. The second-order valence-corrected chi connectivity index (χ2v) is 3.96. The van der Waals surface area contributed by atoms with Crippen LogP contribution >= 0.6 is 0 Å². The summed E-state index contributed by atoms with van der Waals surface area (Å²) in [6, 6.07) is 12.0. The molecule has 1 heterocycles. The molecule has 3 nitrogen and oxygen atoms in total. The minimum Gasteiger partial charge on any atom is -0.452 e. The Bertz CT molecular complexity index is 541. The molecule has 0 saturated heterocycles. The van der Waals surface area contributed by atoms with Gasteiger partial charge in [-0.05, 0) is 25.5 Å². The van der Waals surface area contributed by atoms with E-state index in [2.05, 4.69) is 0 Å². The average Bonchev–Trinajstić information content (AvgIpc) is 2.65. The summed E-state index contributed by atoms with van der Waals surface area (Å²) in [7, 11) is 1.39. The van der Waals surface area contributed by atoms with Crippen LogP contribution in [-0.4, -0.2) is 17.8 Å². The fourth-order valence-corrected chi connectivity index (χ4v) is 2.05. The molecule has 0 spiro atoms. The van der Waals surface area contributed by atoms with E-state index in [4.69, 9.17) is 4.74 Å². The summed E-state index contributed by atoms with van der Waals surface area (Å²) in [4.78, 5) is 11.6. The van der Waals surface area contributed by atoms with Gasteiger partial charge in [0.2, 0.25) is 0 Å². The molecule has 0 N–H and O–H groups in total. The van der Waals surface area contributed by atoms with Gasteiger partial charge < -0.3 is 4.74 Å². The molecule has 0 atom stereocenters. The predicted molar refractivity (Wildman–Crippen MR) is 67.1 cm³/mol. The van der Waals surface area contributed by atoms with Gasteiger partial charge in [-0.1, -0.05) is 30.3 Å². The lowest BCUT2D eigenvalue weighted by Gasteiger charge is -2.06. The fourth-order valence-electron chi connectivity index (χ4n) is 2.05. The number of nitrogens with zero attached hydrogens (tertiary/aromatic N) is 1. The molecule has 0 unspecified atom stereocenters. The van der Waals surface area contributed by atoms with E-state index in [-0.39, 0.29) is 6.09 Å². The Kier molecular flexibility index (Phi) is 3.00. The second-order valence-electron chi connectivity index (χ2n) is 3.96. The Morgan fingerprint density at radius 3 is 2.41 bits per heavy atom. The lowest BCUT2D eigenvalue weighted by molar-refractivity contribution is 0.172. The number of carbonyl (C=O) groups excluding carboxylic acids is 1. The Balaban J connectivity index is 2.56. The first kappa shape index (κ1) is 11.5. The minimum atomic E-state index is -0.345. The predicted octanol–water partition coefficient (Wildman–Crippen LogP) is 3.39. The van der Waals surface area contributed by atoms with Crippen molar-refractivity contribution in [1.29, 1.82) is 0 Å². The molecule has 0 amide bonds. The van der Waals surface area contributed by atoms with Crippen LogP contribution in [0, 0.1) is 13.8 Å². The summed E-state index contributed by atoms with van der Waals surface area (Å²) >= 11 is 0. The van der Waals surface area contributed by atoms with Crippen molar-refractivity contribution in [2.75, 3.05) is 7.11 Å². The number of ether oxygens (including phenoxy) is 1. The zero-order valence-corrected chi connectivity index (χ0v) is 10.2. The summed E-state index contributed by atoms with van der Waals surface area (Å²) in [5, 5.41) is 0. The number of aryl methyl sites for hydroxylation is 1. The number of hydrogen-bond donors (Lipinski definition) is 0. The highest BCUT2D eigenvalue weighted by atomic mass is 16.5. The van der Waals surface area contributed by atoms with Crippen LogP contribution < -0.4 is 0 Å². The summed E-state index contributed by atoms with van der Waals surface area (Å²) in [5.41, 5.74) is 3.96. The summed E-state index contributed by atoms with van der Waals surface area (Å²) in [5.74, 6) is 0. The first-order valence-electron chi connectivity index (χ1n) is 5.48. The topological polar surface area (TPSA) is 31.2 Å². The highest BCUT2D eigenvalue weighted by molar-refractivity contribution is 5.78. The monoisotopic (exact) mass is 229 g/mol. The number of rotatable bonds is 1. The van der Waals surface area contributed by atoms with Crippen molar-refractivity contribution < 1.29 is 9.53 Å². The summed E-state index contributed by atoms with van der Waals surface area (Å²) in [6.07, 6.45) is -0.345. The van der Waals surface area contributed by atoms with Gasteiger partial charge in [-0.15, -0.1) is 0 Å². The van der Waals surface area contributed by atoms with E-state index < -0.39 is 0 Å². The third-order valence-electron chi connectivity index (χ3n) is 2.87. The van der Waals surface area contributed by atoms with Gasteiger partial charge in [-0.2, -0.15) is 0 Å². The largest absolute Gasteiger partial charge is 0.452 e. The van der Waals surface area contributed by atoms with Crippen molar-refractivity contribution in [3.8, 4) is 11.1 Å². The van der Waals surface area contributed by atoms with Gasteiger partial charge in [0.15, 0.2) is 0 Å². The molecular weight excluding hydrogens is 214 g/mol. The lowest BCUT2D eigenvalue weighted by atomic mass is 10.1. The zero-order valence-electron chi connectivity index (χ0n) is 10.2. The first-order chi connectivity index (χ1) is 8.15. The number of carbonyl (C=O) groups is 1. The van der Waals surface area contributed by atoms with Crippen LogP contribution in [0.5, 0.6) is 0 Å². The average molecular weight is 229 g/mol. The zero-order chi connectivity index (χ0) is 12.4.